The number of amides is 1. The highest BCUT2D eigenvalue weighted by molar-refractivity contribution is 7.89. The number of carbonyl (C=O) groups excluding carboxylic acids is 1. The summed E-state index contributed by atoms with van der Waals surface area (Å²) in [5.41, 5.74) is 1.25. The number of aliphatic hydroxyl groups excluding tert-OH is 1. The molecule has 2 N–H and O–H groups in total. The molecular formula is C26H23FN2O7S2. The first-order valence-corrected chi connectivity index (χ1v) is 14.2. The Hall–Kier alpha value is -3.74. The fraction of sp³-hybridized carbons (Fsp3) is 0.231. The number of carbonyl (C=O) groups is 1. The molecule has 0 saturated heterocycles. The van der Waals surface area contributed by atoms with E-state index in [-0.39, 0.29) is 31.2 Å². The van der Waals surface area contributed by atoms with Crippen LogP contribution >= 0.6 is 11.3 Å². The SMILES string of the molecule is CS(=O)(=O)NC(=O)c1cccc(OC[C@@H]2COc3ccc(OCc4nc5cc(F)ccc5s4)cc3[C@@H]2O)c1. The summed E-state index contributed by atoms with van der Waals surface area (Å²) in [4.78, 5) is 16.5. The van der Waals surface area contributed by atoms with Gasteiger partial charge in [0.15, 0.2) is 0 Å². The van der Waals surface area contributed by atoms with E-state index in [1.807, 2.05) is 4.72 Å². The summed E-state index contributed by atoms with van der Waals surface area (Å²) in [6, 6.07) is 15.7. The van der Waals surface area contributed by atoms with Gasteiger partial charge in [0.25, 0.3) is 5.91 Å². The van der Waals surface area contributed by atoms with Gasteiger partial charge in [0.2, 0.25) is 10.0 Å². The average Bonchev–Trinajstić information content (AvgIpc) is 3.28. The quantitative estimate of drug-likeness (QED) is 0.335. The van der Waals surface area contributed by atoms with Crippen molar-refractivity contribution in [3.63, 3.8) is 0 Å². The standard InChI is InChI=1S/C26H23FN2O7S2/c1-38(32,33)29-26(31)15-3-2-4-18(9-15)34-12-16-13-36-22-7-6-19(11-20(22)25(16)30)35-14-24-28-21-10-17(27)5-8-23(21)37-24/h2-11,16,25,30H,12-14H2,1H3,(H,29,31)/t16-,25-/m1/s1. The summed E-state index contributed by atoms with van der Waals surface area (Å²) in [6.45, 7) is 0.489. The normalized spacial score (nSPS) is 16.9. The average molecular weight is 559 g/mol. The van der Waals surface area contributed by atoms with Gasteiger partial charge in [0.1, 0.15) is 34.7 Å². The van der Waals surface area contributed by atoms with E-state index in [1.54, 1.807) is 36.4 Å². The lowest BCUT2D eigenvalue weighted by molar-refractivity contribution is 0.0240. The van der Waals surface area contributed by atoms with E-state index in [1.165, 1.54) is 35.6 Å². The van der Waals surface area contributed by atoms with Gasteiger partial charge in [-0.05, 0) is 48.5 Å². The van der Waals surface area contributed by atoms with E-state index >= 15 is 0 Å². The van der Waals surface area contributed by atoms with Crippen molar-refractivity contribution in [3.05, 3.63) is 82.6 Å². The fourth-order valence-electron chi connectivity index (χ4n) is 3.97. The minimum atomic E-state index is -3.70. The zero-order valence-electron chi connectivity index (χ0n) is 20.1. The molecule has 0 radical (unpaired) electrons. The second-order valence-electron chi connectivity index (χ2n) is 8.77. The van der Waals surface area contributed by atoms with Crippen molar-refractivity contribution in [2.75, 3.05) is 19.5 Å². The molecule has 2 atom stereocenters. The van der Waals surface area contributed by atoms with Gasteiger partial charge in [0, 0.05) is 17.2 Å². The molecule has 198 valence electrons. The molecule has 12 heteroatoms. The summed E-state index contributed by atoms with van der Waals surface area (Å²) in [5, 5.41) is 11.7. The highest BCUT2D eigenvalue weighted by atomic mass is 32.2. The molecule has 0 unspecified atom stereocenters. The van der Waals surface area contributed by atoms with Crippen LogP contribution in [-0.4, -0.2) is 43.9 Å². The fourth-order valence-corrected chi connectivity index (χ4v) is 5.29. The van der Waals surface area contributed by atoms with E-state index in [0.29, 0.717) is 33.3 Å². The molecule has 1 aliphatic heterocycles. The van der Waals surface area contributed by atoms with Crippen LogP contribution in [-0.2, 0) is 16.6 Å². The molecule has 38 heavy (non-hydrogen) atoms. The van der Waals surface area contributed by atoms with Crippen LogP contribution in [0, 0.1) is 11.7 Å². The third-order valence-electron chi connectivity index (χ3n) is 5.79. The van der Waals surface area contributed by atoms with Crippen molar-refractivity contribution in [2.24, 2.45) is 5.92 Å². The molecule has 1 aliphatic rings. The predicted molar refractivity (Wildman–Crippen MR) is 139 cm³/mol. The van der Waals surface area contributed by atoms with Crippen molar-refractivity contribution in [2.45, 2.75) is 12.7 Å². The Balaban J connectivity index is 1.22. The molecule has 0 saturated carbocycles. The van der Waals surface area contributed by atoms with Crippen LogP contribution in [0.2, 0.25) is 0 Å². The number of ether oxygens (including phenoxy) is 3. The molecule has 0 fully saturated rings. The number of nitrogens with zero attached hydrogens (tertiary/aromatic N) is 1. The highest BCUT2D eigenvalue weighted by Gasteiger charge is 2.30. The number of hydrogen-bond acceptors (Lipinski definition) is 9. The number of hydrogen-bond donors (Lipinski definition) is 2. The molecule has 1 amide bonds. The third-order valence-corrected chi connectivity index (χ3v) is 7.36. The number of aromatic nitrogens is 1. The zero-order valence-corrected chi connectivity index (χ0v) is 21.7. The molecule has 0 bridgehead atoms. The summed E-state index contributed by atoms with van der Waals surface area (Å²) in [7, 11) is -3.70. The minimum absolute atomic E-state index is 0.0884. The maximum absolute atomic E-state index is 13.4. The number of thiazole rings is 1. The molecule has 0 spiro atoms. The predicted octanol–water partition coefficient (Wildman–Crippen LogP) is 3.82. The summed E-state index contributed by atoms with van der Waals surface area (Å²) in [6.07, 6.45) is -0.00262. The van der Waals surface area contributed by atoms with Gasteiger partial charge in [-0.1, -0.05) is 6.07 Å². The van der Waals surface area contributed by atoms with E-state index < -0.39 is 28.0 Å². The topological polar surface area (TPSA) is 124 Å². The van der Waals surface area contributed by atoms with E-state index in [2.05, 4.69) is 4.98 Å². The van der Waals surface area contributed by atoms with Crippen molar-refractivity contribution >= 4 is 37.5 Å². The van der Waals surface area contributed by atoms with Gasteiger partial charge in [-0.25, -0.2) is 22.5 Å². The second kappa shape index (κ2) is 10.6. The lowest BCUT2D eigenvalue weighted by Gasteiger charge is -2.30. The van der Waals surface area contributed by atoms with Gasteiger partial charge >= 0.3 is 0 Å². The first-order chi connectivity index (χ1) is 18.1. The maximum Gasteiger partial charge on any atom is 0.264 e. The van der Waals surface area contributed by atoms with E-state index in [0.717, 1.165) is 11.0 Å². The Morgan fingerprint density at radius 1 is 1.16 bits per heavy atom. The van der Waals surface area contributed by atoms with Crippen molar-refractivity contribution in [3.8, 4) is 17.2 Å². The number of sulfonamides is 1. The van der Waals surface area contributed by atoms with E-state index in [9.17, 15) is 22.7 Å². The molecule has 9 nitrogen and oxygen atoms in total. The number of nitrogens with one attached hydrogen (secondary N) is 1. The first kappa shape index (κ1) is 25.9. The Morgan fingerprint density at radius 3 is 2.79 bits per heavy atom. The van der Waals surface area contributed by atoms with E-state index in [4.69, 9.17) is 14.2 Å². The molecule has 2 heterocycles. The number of fused-ring (bicyclic) bond motifs is 2. The lowest BCUT2D eigenvalue weighted by Crippen LogP contribution is -2.31. The highest BCUT2D eigenvalue weighted by Crippen LogP contribution is 2.38. The smallest absolute Gasteiger partial charge is 0.264 e. The third kappa shape index (κ3) is 6.04. The zero-order chi connectivity index (χ0) is 26.9. The molecule has 1 aromatic heterocycles. The summed E-state index contributed by atoms with van der Waals surface area (Å²) >= 11 is 1.42. The monoisotopic (exact) mass is 558 g/mol. The molecule has 4 aromatic rings. The molecular weight excluding hydrogens is 535 g/mol. The summed E-state index contributed by atoms with van der Waals surface area (Å²) < 4.78 is 56.3. The second-order valence-corrected chi connectivity index (χ2v) is 11.6. The van der Waals surface area contributed by atoms with Gasteiger partial charge in [-0.3, -0.25) is 4.79 Å². The van der Waals surface area contributed by atoms with Crippen LogP contribution in [0.4, 0.5) is 4.39 Å². The van der Waals surface area contributed by atoms with Gasteiger partial charge in [-0.15, -0.1) is 11.3 Å². The summed E-state index contributed by atoms with van der Waals surface area (Å²) in [5.74, 6) is -0.123. The van der Waals surface area contributed by atoms with Crippen molar-refractivity contribution in [1.29, 1.82) is 0 Å². The lowest BCUT2D eigenvalue weighted by atomic mass is 9.93. The molecule has 0 aliphatic carbocycles. The van der Waals surface area contributed by atoms with Crippen LogP contribution in [0.3, 0.4) is 0 Å². The van der Waals surface area contributed by atoms with Crippen LogP contribution < -0.4 is 18.9 Å². The molecule has 3 aromatic carbocycles. The number of aliphatic hydroxyl groups is 1. The Morgan fingerprint density at radius 2 is 1.97 bits per heavy atom. The van der Waals surface area contributed by atoms with Gasteiger partial charge in [-0.2, -0.15) is 0 Å². The van der Waals surface area contributed by atoms with Crippen LogP contribution in [0.1, 0.15) is 27.0 Å². The Labute approximate surface area is 221 Å². The first-order valence-electron chi connectivity index (χ1n) is 11.5. The number of halogens is 1. The van der Waals surface area contributed by atoms with Crippen LogP contribution in [0.25, 0.3) is 10.2 Å². The largest absolute Gasteiger partial charge is 0.493 e. The van der Waals surface area contributed by atoms with Crippen LogP contribution in [0.15, 0.2) is 60.7 Å². The Bertz CT molecular complexity index is 1610. The number of rotatable bonds is 8. The Kier molecular flexibility index (Phi) is 7.19. The molecule has 5 rings (SSSR count). The number of benzene rings is 3. The van der Waals surface area contributed by atoms with Gasteiger partial charge < -0.3 is 19.3 Å². The van der Waals surface area contributed by atoms with Crippen molar-refractivity contribution in [1.82, 2.24) is 9.71 Å². The van der Waals surface area contributed by atoms with Crippen molar-refractivity contribution < 1.29 is 36.9 Å². The maximum atomic E-state index is 13.4. The minimum Gasteiger partial charge on any atom is -0.493 e. The van der Waals surface area contributed by atoms with Gasteiger partial charge in [0.05, 0.1) is 41.7 Å². The van der Waals surface area contributed by atoms with Crippen LogP contribution in [0.5, 0.6) is 17.2 Å².